The summed E-state index contributed by atoms with van der Waals surface area (Å²) in [6.07, 6.45) is 0.948. The Morgan fingerprint density at radius 2 is 1.79 bits per heavy atom. The molecular weight excluding hydrogens is 306 g/mol. The number of hydrogen-bond acceptors (Lipinski definition) is 4. The van der Waals surface area contributed by atoms with Crippen LogP contribution in [0.25, 0.3) is 0 Å². The molecule has 0 bridgehead atoms. The first kappa shape index (κ1) is 16.3. The zero-order valence-corrected chi connectivity index (χ0v) is 13.4. The second-order valence-electron chi connectivity index (χ2n) is 5.82. The third-order valence-electron chi connectivity index (χ3n) is 3.96. The van der Waals surface area contributed by atoms with E-state index in [1.165, 1.54) is 5.69 Å². The molecule has 5 heteroatoms. The van der Waals surface area contributed by atoms with E-state index in [4.69, 9.17) is 14.6 Å². The van der Waals surface area contributed by atoms with Gasteiger partial charge in [-0.05, 0) is 36.2 Å². The Balaban J connectivity index is 1.41. The lowest BCUT2D eigenvalue weighted by Crippen LogP contribution is -2.54. The molecule has 0 amide bonds. The molecule has 2 aromatic carbocycles. The summed E-state index contributed by atoms with van der Waals surface area (Å²) in [5.74, 6) is -0.0192. The molecule has 0 aromatic heterocycles. The Bertz CT molecular complexity index is 651. The predicted molar refractivity (Wildman–Crippen MR) is 91.7 cm³/mol. The highest BCUT2D eigenvalue weighted by Crippen LogP contribution is 2.24. The second kappa shape index (κ2) is 7.84. The Hall–Kier alpha value is -2.53. The zero-order chi connectivity index (χ0) is 16.8. The zero-order valence-electron chi connectivity index (χ0n) is 13.4. The van der Waals surface area contributed by atoms with Crippen LogP contribution in [0.15, 0.2) is 54.6 Å². The van der Waals surface area contributed by atoms with Gasteiger partial charge in [0.2, 0.25) is 0 Å². The maximum Gasteiger partial charge on any atom is 0.329 e. The highest BCUT2D eigenvalue weighted by Gasteiger charge is 2.28. The number of ether oxygens (including phenoxy) is 2. The van der Waals surface area contributed by atoms with Crippen LogP contribution in [0.1, 0.15) is 5.56 Å². The largest absolute Gasteiger partial charge is 0.487 e. The fraction of sp³-hybridized carbons (Fsp3) is 0.316. The first-order valence-electron chi connectivity index (χ1n) is 8.06. The molecule has 2 aromatic rings. The molecule has 1 heterocycles. The van der Waals surface area contributed by atoms with Crippen LogP contribution < -0.4 is 9.64 Å². The lowest BCUT2D eigenvalue weighted by molar-refractivity contribution is -0.142. The average molecular weight is 327 g/mol. The molecule has 1 fully saturated rings. The smallest absolute Gasteiger partial charge is 0.329 e. The molecule has 126 valence electrons. The van der Waals surface area contributed by atoms with Gasteiger partial charge in [-0.15, -0.1) is 0 Å². The van der Waals surface area contributed by atoms with Gasteiger partial charge in [0.05, 0.1) is 19.7 Å². The molecule has 0 spiro atoms. The Kier molecular flexibility index (Phi) is 5.33. The number of nitrogens with zero attached hydrogens (tertiary/aromatic N) is 1. The van der Waals surface area contributed by atoms with Crippen LogP contribution in [0.4, 0.5) is 5.69 Å². The van der Waals surface area contributed by atoms with Crippen molar-refractivity contribution < 1.29 is 19.4 Å². The van der Waals surface area contributed by atoms with Gasteiger partial charge in [-0.2, -0.15) is 0 Å². The first-order chi connectivity index (χ1) is 11.7. The van der Waals surface area contributed by atoms with Crippen molar-refractivity contribution in [2.45, 2.75) is 12.5 Å². The highest BCUT2D eigenvalue weighted by molar-refractivity contribution is 5.67. The van der Waals surface area contributed by atoms with Crippen LogP contribution >= 0.6 is 0 Å². The molecule has 1 aliphatic heterocycles. The summed E-state index contributed by atoms with van der Waals surface area (Å²) in [6, 6.07) is 18.2. The van der Waals surface area contributed by atoms with E-state index in [9.17, 15) is 4.79 Å². The molecule has 1 aliphatic rings. The van der Waals surface area contributed by atoms with Crippen LogP contribution in [0.5, 0.6) is 5.75 Å². The molecule has 1 saturated heterocycles. The van der Waals surface area contributed by atoms with Crippen molar-refractivity contribution in [2.75, 3.05) is 31.2 Å². The molecule has 0 saturated carbocycles. The van der Waals surface area contributed by atoms with Crippen molar-refractivity contribution in [1.29, 1.82) is 0 Å². The number of para-hydroxylation sites is 1. The summed E-state index contributed by atoms with van der Waals surface area (Å²) >= 11 is 0. The lowest BCUT2D eigenvalue weighted by atomic mass is 10.1. The van der Waals surface area contributed by atoms with Gasteiger partial charge in [0.15, 0.2) is 0 Å². The molecule has 0 atom stereocenters. The monoisotopic (exact) mass is 327 g/mol. The topological polar surface area (TPSA) is 59.0 Å². The Labute approximate surface area is 141 Å². The fourth-order valence-corrected chi connectivity index (χ4v) is 2.64. The summed E-state index contributed by atoms with van der Waals surface area (Å²) in [5.41, 5.74) is 2.32. The average Bonchev–Trinajstić information content (AvgIpc) is 2.56. The standard InChI is InChI=1S/C19H21NO4/c21-19(22)14-23-11-10-15-6-8-16(9-7-15)20-12-18(13-20)24-17-4-2-1-3-5-17/h1-9,18H,10-14H2,(H,21,22). The maximum absolute atomic E-state index is 10.4. The number of carboxylic acids is 1. The van der Waals surface area contributed by atoms with Gasteiger partial charge in [-0.25, -0.2) is 4.79 Å². The highest BCUT2D eigenvalue weighted by atomic mass is 16.5. The summed E-state index contributed by atoms with van der Waals surface area (Å²) in [4.78, 5) is 12.6. The van der Waals surface area contributed by atoms with E-state index in [2.05, 4.69) is 29.2 Å². The van der Waals surface area contributed by atoms with Gasteiger partial charge in [0, 0.05) is 5.69 Å². The molecular formula is C19H21NO4. The van der Waals surface area contributed by atoms with E-state index < -0.39 is 5.97 Å². The van der Waals surface area contributed by atoms with Crippen LogP contribution in [0.2, 0.25) is 0 Å². The minimum Gasteiger partial charge on any atom is -0.487 e. The van der Waals surface area contributed by atoms with E-state index >= 15 is 0 Å². The quantitative estimate of drug-likeness (QED) is 0.755. The number of carbonyl (C=O) groups is 1. The minimum atomic E-state index is -0.935. The molecule has 3 rings (SSSR count). The van der Waals surface area contributed by atoms with Crippen LogP contribution in [0, 0.1) is 0 Å². The van der Waals surface area contributed by atoms with Crippen molar-refractivity contribution in [2.24, 2.45) is 0 Å². The van der Waals surface area contributed by atoms with Gasteiger partial charge in [-0.3, -0.25) is 0 Å². The Morgan fingerprint density at radius 1 is 1.08 bits per heavy atom. The van der Waals surface area contributed by atoms with Crippen molar-refractivity contribution in [3.8, 4) is 5.75 Å². The van der Waals surface area contributed by atoms with Crippen molar-refractivity contribution in [3.05, 3.63) is 60.2 Å². The number of aliphatic carboxylic acids is 1. The third kappa shape index (κ3) is 4.49. The maximum atomic E-state index is 10.4. The number of rotatable bonds is 8. The summed E-state index contributed by atoms with van der Waals surface area (Å²) in [7, 11) is 0. The van der Waals surface area contributed by atoms with Gasteiger partial charge >= 0.3 is 5.97 Å². The molecule has 0 unspecified atom stereocenters. The molecule has 0 aliphatic carbocycles. The normalized spacial score (nSPS) is 14.2. The Morgan fingerprint density at radius 3 is 2.46 bits per heavy atom. The number of benzene rings is 2. The van der Waals surface area contributed by atoms with Gasteiger partial charge < -0.3 is 19.5 Å². The fourth-order valence-electron chi connectivity index (χ4n) is 2.64. The van der Waals surface area contributed by atoms with Crippen LogP contribution in [-0.4, -0.2) is 43.5 Å². The predicted octanol–water partition coefficient (Wildman–Crippen LogP) is 2.60. The first-order valence-corrected chi connectivity index (χ1v) is 8.06. The molecule has 1 N–H and O–H groups in total. The van der Waals surface area contributed by atoms with Crippen LogP contribution in [-0.2, 0) is 16.0 Å². The lowest BCUT2D eigenvalue weighted by Gasteiger charge is -2.40. The van der Waals surface area contributed by atoms with E-state index in [1.54, 1.807) is 0 Å². The third-order valence-corrected chi connectivity index (χ3v) is 3.96. The molecule has 0 radical (unpaired) electrons. The van der Waals surface area contributed by atoms with Crippen molar-refractivity contribution in [1.82, 2.24) is 0 Å². The second-order valence-corrected chi connectivity index (χ2v) is 5.82. The summed E-state index contributed by atoms with van der Waals surface area (Å²) in [5, 5.41) is 8.52. The van der Waals surface area contributed by atoms with E-state index in [1.807, 2.05) is 30.3 Å². The number of carboxylic acid groups (broad SMARTS) is 1. The van der Waals surface area contributed by atoms with Gasteiger partial charge in [-0.1, -0.05) is 30.3 Å². The summed E-state index contributed by atoms with van der Waals surface area (Å²) in [6.45, 7) is 1.95. The summed E-state index contributed by atoms with van der Waals surface area (Å²) < 4.78 is 11.0. The molecule has 5 nitrogen and oxygen atoms in total. The molecule has 24 heavy (non-hydrogen) atoms. The van der Waals surface area contributed by atoms with E-state index in [-0.39, 0.29) is 12.7 Å². The van der Waals surface area contributed by atoms with E-state index in [0.717, 1.165) is 24.4 Å². The SMILES string of the molecule is O=C(O)COCCc1ccc(N2CC(Oc3ccccc3)C2)cc1. The minimum absolute atomic E-state index is 0.233. The van der Waals surface area contributed by atoms with Gasteiger partial charge in [0.25, 0.3) is 0 Å². The number of hydrogen-bond donors (Lipinski definition) is 1. The van der Waals surface area contributed by atoms with E-state index in [0.29, 0.717) is 13.0 Å². The van der Waals surface area contributed by atoms with Gasteiger partial charge in [0.1, 0.15) is 18.5 Å². The van der Waals surface area contributed by atoms with Crippen LogP contribution in [0.3, 0.4) is 0 Å². The number of anilines is 1. The van der Waals surface area contributed by atoms with Crippen molar-refractivity contribution >= 4 is 11.7 Å². The van der Waals surface area contributed by atoms with Crippen molar-refractivity contribution in [3.63, 3.8) is 0 Å².